The molecular formula is C25H30ClN3O3. The lowest BCUT2D eigenvalue weighted by Crippen LogP contribution is -2.47. The molecule has 0 aliphatic carbocycles. The van der Waals surface area contributed by atoms with Crippen molar-refractivity contribution in [1.29, 1.82) is 0 Å². The van der Waals surface area contributed by atoms with E-state index < -0.39 is 6.04 Å². The molecule has 2 amide bonds. The van der Waals surface area contributed by atoms with Crippen molar-refractivity contribution in [3.05, 3.63) is 70.8 Å². The number of halogens is 1. The zero-order valence-electron chi connectivity index (χ0n) is 18.6. The van der Waals surface area contributed by atoms with Gasteiger partial charge >= 0.3 is 0 Å². The molecule has 0 radical (unpaired) electrons. The third-order valence-corrected chi connectivity index (χ3v) is 5.74. The van der Waals surface area contributed by atoms with Crippen molar-refractivity contribution in [2.45, 2.75) is 25.9 Å². The van der Waals surface area contributed by atoms with E-state index in [2.05, 4.69) is 10.2 Å². The first kappa shape index (κ1) is 23.8. The second-order valence-electron chi connectivity index (χ2n) is 7.92. The molecule has 6 nitrogen and oxygen atoms in total. The lowest BCUT2D eigenvalue weighted by atomic mass is 10.2. The number of amides is 2. The van der Waals surface area contributed by atoms with Gasteiger partial charge in [-0.2, -0.15) is 0 Å². The summed E-state index contributed by atoms with van der Waals surface area (Å²) in [4.78, 5) is 29.3. The first-order chi connectivity index (χ1) is 15.4. The van der Waals surface area contributed by atoms with Crippen molar-refractivity contribution in [2.75, 3.05) is 33.3 Å². The van der Waals surface area contributed by atoms with Crippen molar-refractivity contribution >= 4 is 29.5 Å². The van der Waals surface area contributed by atoms with Crippen LogP contribution in [0.2, 0.25) is 5.02 Å². The van der Waals surface area contributed by atoms with E-state index in [1.807, 2.05) is 53.4 Å². The second-order valence-corrected chi connectivity index (χ2v) is 8.35. The summed E-state index contributed by atoms with van der Waals surface area (Å²) in [6.45, 7) is 5.63. The van der Waals surface area contributed by atoms with Gasteiger partial charge in [-0.25, -0.2) is 0 Å². The highest BCUT2D eigenvalue weighted by molar-refractivity contribution is 6.30. The molecule has 1 aliphatic heterocycles. The average Bonchev–Trinajstić information content (AvgIpc) is 3.04. The zero-order chi connectivity index (χ0) is 22.9. The van der Waals surface area contributed by atoms with Crippen LogP contribution >= 0.6 is 11.6 Å². The molecule has 1 fully saturated rings. The number of rotatable bonds is 7. The lowest BCUT2D eigenvalue weighted by molar-refractivity contribution is -0.135. The van der Waals surface area contributed by atoms with Gasteiger partial charge in [-0.05, 0) is 54.8 Å². The summed E-state index contributed by atoms with van der Waals surface area (Å²) >= 11 is 5.97. The van der Waals surface area contributed by atoms with Crippen LogP contribution in [0.3, 0.4) is 0 Å². The van der Waals surface area contributed by atoms with E-state index in [0.29, 0.717) is 13.1 Å². The molecule has 0 bridgehead atoms. The predicted octanol–water partition coefficient (Wildman–Crippen LogP) is 3.60. The van der Waals surface area contributed by atoms with Crippen LogP contribution in [0.1, 0.15) is 24.5 Å². The zero-order valence-corrected chi connectivity index (χ0v) is 19.3. The number of nitrogens with zero attached hydrogens (tertiary/aromatic N) is 2. The van der Waals surface area contributed by atoms with Gasteiger partial charge < -0.3 is 15.0 Å². The molecule has 0 spiro atoms. The lowest BCUT2D eigenvalue weighted by Gasteiger charge is -2.25. The smallest absolute Gasteiger partial charge is 0.244 e. The normalized spacial score (nSPS) is 15.9. The fraction of sp³-hybridized carbons (Fsp3) is 0.360. The predicted molar refractivity (Wildman–Crippen MR) is 128 cm³/mol. The SMILES string of the molecule is COc1ccc(/C=C/C(=O)NC(C)C(=O)N2CCCN(Cc3ccc(Cl)cc3)CC2)cc1. The van der Waals surface area contributed by atoms with Gasteiger partial charge in [0, 0.05) is 43.8 Å². The summed E-state index contributed by atoms with van der Waals surface area (Å²) in [5.41, 5.74) is 2.09. The molecule has 170 valence electrons. The molecule has 2 aromatic rings. The molecule has 32 heavy (non-hydrogen) atoms. The summed E-state index contributed by atoms with van der Waals surface area (Å²) in [5.74, 6) is 0.417. The Kier molecular flexibility index (Phi) is 8.71. The Morgan fingerprint density at radius 2 is 1.78 bits per heavy atom. The van der Waals surface area contributed by atoms with Crippen LogP contribution in [0.25, 0.3) is 6.08 Å². The molecule has 7 heteroatoms. The maximum atomic E-state index is 12.9. The third kappa shape index (κ3) is 7.11. The summed E-state index contributed by atoms with van der Waals surface area (Å²) in [7, 11) is 1.61. The van der Waals surface area contributed by atoms with Crippen LogP contribution in [0.4, 0.5) is 0 Å². The summed E-state index contributed by atoms with van der Waals surface area (Å²) in [6, 6.07) is 14.7. The van der Waals surface area contributed by atoms with Gasteiger partial charge in [0.25, 0.3) is 0 Å². The van der Waals surface area contributed by atoms with E-state index in [4.69, 9.17) is 16.3 Å². The van der Waals surface area contributed by atoms with Gasteiger partial charge in [-0.1, -0.05) is 35.9 Å². The highest BCUT2D eigenvalue weighted by atomic mass is 35.5. The van der Waals surface area contributed by atoms with E-state index in [0.717, 1.165) is 42.4 Å². The van der Waals surface area contributed by atoms with Gasteiger partial charge in [0.15, 0.2) is 0 Å². The Morgan fingerprint density at radius 3 is 2.47 bits per heavy atom. The number of nitrogens with one attached hydrogen (secondary N) is 1. The van der Waals surface area contributed by atoms with Crippen LogP contribution in [0.15, 0.2) is 54.6 Å². The van der Waals surface area contributed by atoms with Gasteiger partial charge in [-0.3, -0.25) is 14.5 Å². The molecule has 1 atom stereocenters. The molecule has 1 aliphatic rings. The summed E-state index contributed by atoms with van der Waals surface area (Å²) < 4.78 is 5.13. The van der Waals surface area contributed by atoms with Gasteiger partial charge in [-0.15, -0.1) is 0 Å². The fourth-order valence-electron chi connectivity index (χ4n) is 3.68. The first-order valence-electron chi connectivity index (χ1n) is 10.8. The van der Waals surface area contributed by atoms with Gasteiger partial charge in [0.1, 0.15) is 11.8 Å². The van der Waals surface area contributed by atoms with Crippen LogP contribution in [0, 0.1) is 0 Å². The highest BCUT2D eigenvalue weighted by Crippen LogP contribution is 2.14. The molecule has 1 heterocycles. The number of hydrogen-bond acceptors (Lipinski definition) is 4. The number of methoxy groups -OCH3 is 1. The quantitative estimate of drug-likeness (QED) is 0.648. The Balaban J connectivity index is 1.47. The molecule has 2 aromatic carbocycles. The molecule has 1 unspecified atom stereocenters. The standard InChI is InChI=1S/C25H30ClN3O3/c1-19(27-24(30)13-8-20-6-11-23(32-2)12-7-20)25(31)29-15-3-14-28(16-17-29)18-21-4-9-22(26)10-5-21/h4-13,19H,3,14-18H2,1-2H3,(H,27,30)/b13-8+. The first-order valence-corrected chi connectivity index (χ1v) is 11.2. The Morgan fingerprint density at radius 1 is 1.06 bits per heavy atom. The van der Waals surface area contributed by atoms with Crippen LogP contribution in [-0.2, 0) is 16.1 Å². The molecule has 0 saturated carbocycles. The number of hydrogen-bond donors (Lipinski definition) is 1. The number of carbonyl (C=O) groups excluding carboxylic acids is 2. The molecular weight excluding hydrogens is 426 g/mol. The average molecular weight is 456 g/mol. The van der Waals surface area contributed by atoms with Crippen molar-refractivity contribution in [3.8, 4) is 5.75 Å². The number of carbonyl (C=O) groups is 2. The van der Waals surface area contributed by atoms with E-state index in [1.54, 1.807) is 20.1 Å². The monoisotopic (exact) mass is 455 g/mol. The minimum absolute atomic E-state index is 0.0514. The van der Waals surface area contributed by atoms with Crippen LogP contribution in [0.5, 0.6) is 5.75 Å². The third-order valence-electron chi connectivity index (χ3n) is 5.49. The molecule has 0 aromatic heterocycles. The Bertz CT molecular complexity index is 928. The maximum absolute atomic E-state index is 12.9. The van der Waals surface area contributed by atoms with Crippen LogP contribution in [-0.4, -0.2) is 60.9 Å². The Hall–Kier alpha value is -2.83. The summed E-state index contributed by atoms with van der Waals surface area (Å²) in [5, 5.41) is 3.51. The van der Waals surface area contributed by atoms with Crippen molar-refractivity contribution in [1.82, 2.24) is 15.1 Å². The molecule has 1 saturated heterocycles. The fourth-order valence-corrected chi connectivity index (χ4v) is 3.81. The van der Waals surface area contributed by atoms with Gasteiger partial charge in [0.2, 0.25) is 11.8 Å². The number of ether oxygens (including phenoxy) is 1. The second kappa shape index (κ2) is 11.7. The number of benzene rings is 2. The van der Waals surface area contributed by atoms with E-state index >= 15 is 0 Å². The van der Waals surface area contributed by atoms with Gasteiger partial charge in [0.05, 0.1) is 7.11 Å². The largest absolute Gasteiger partial charge is 0.497 e. The maximum Gasteiger partial charge on any atom is 0.244 e. The topological polar surface area (TPSA) is 61.9 Å². The molecule has 3 rings (SSSR count). The minimum atomic E-state index is -0.578. The van der Waals surface area contributed by atoms with Crippen LogP contribution < -0.4 is 10.1 Å². The highest BCUT2D eigenvalue weighted by Gasteiger charge is 2.24. The van der Waals surface area contributed by atoms with E-state index in [1.165, 1.54) is 11.6 Å². The van der Waals surface area contributed by atoms with Crippen molar-refractivity contribution < 1.29 is 14.3 Å². The Labute approximate surface area is 194 Å². The molecule has 1 N–H and O–H groups in total. The van der Waals surface area contributed by atoms with E-state index in [-0.39, 0.29) is 11.8 Å². The van der Waals surface area contributed by atoms with E-state index in [9.17, 15) is 9.59 Å². The van der Waals surface area contributed by atoms with Crippen molar-refractivity contribution in [3.63, 3.8) is 0 Å². The van der Waals surface area contributed by atoms with Crippen molar-refractivity contribution in [2.24, 2.45) is 0 Å². The summed E-state index contributed by atoms with van der Waals surface area (Å²) in [6.07, 6.45) is 4.06. The minimum Gasteiger partial charge on any atom is -0.497 e.